The van der Waals surface area contributed by atoms with Gasteiger partial charge in [0.25, 0.3) is 0 Å². The fourth-order valence-electron chi connectivity index (χ4n) is 6.33. The molecule has 2 unspecified atom stereocenters. The molecule has 0 radical (unpaired) electrons. The zero-order valence-electron chi connectivity index (χ0n) is 21.6. The molecule has 0 amide bonds. The van der Waals surface area contributed by atoms with Crippen molar-refractivity contribution in [1.82, 2.24) is 9.88 Å². The zero-order chi connectivity index (χ0) is 26.5. The highest BCUT2D eigenvalue weighted by Gasteiger charge is 2.41. The largest absolute Gasteiger partial charge is 0.493 e. The summed E-state index contributed by atoms with van der Waals surface area (Å²) in [6, 6.07) is 27.5. The molecule has 4 nitrogen and oxygen atoms in total. The lowest BCUT2D eigenvalue weighted by molar-refractivity contribution is 0.127. The molecule has 5 aromatic rings. The highest BCUT2D eigenvalue weighted by atomic mass is 35.5. The first-order chi connectivity index (χ1) is 19.1. The number of nitrogens with zero attached hydrogens (tertiary/aromatic N) is 1. The van der Waals surface area contributed by atoms with Gasteiger partial charge in [-0.15, -0.1) is 0 Å². The van der Waals surface area contributed by atoms with Crippen molar-refractivity contribution in [2.24, 2.45) is 0 Å². The summed E-state index contributed by atoms with van der Waals surface area (Å²) in [4.78, 5) is 6.23. The van der Waals surface area contributed by atoms with Crippen LogP contribution in [0, 0.1) is 5.82 Å². The van der Waals surface area contributed by atoms with Crippen LogP contribution in [0.2, 0.25) is 5.02 Å². The molecule has 6 heteroatoms. The molecule has 4 aromatic carbocycles. The summed E-state index contributed by atoms with van der Waals surface area (Å²) in [5.41, 5.74) is 8.20. The number of benzene rings is 4. The molecule has 0 saturated heterocycles. The Hall–Kier alpha value is -3.80. The SMILES string of the molecule is COc1cc2c(cc1OCc1ccccc1)CCN1C2Cc2c([nH]c3ccc(Cl)cc23)C1c1ccc(F)cc1. The van der Waals surface area contributed by atoms with Crippen LogP contribution in [0.25, 0.3) is 10.9 Å². The van der Waals surface area contributed by atoms with E-state index in [1.807, 2.05) is 42.5 Å². The quantitative estimate of drug-likeness (QED) is 0.248. The number of ether oxygens (including phenoxy) is 2. The van der Waals surface area contributed by atoms with Crippen molar-refractivity contribution in [2.45, 2.75) is 31.5 Å². The van der Waals surface area contributed by atoms with Gasteiger partial charge in [-0.1, -0.05) is 54.1 Å². The number of hydrogen-bond donors (Lipinski definition) is 1. The van der Waals surface area contributed by atoms with E-state index in [-0.39, 0.29) is 17.9 Å². The van der Waals surface area contributed by atoms with Gasteiger partial charge in [0.05, 0.1) is 13.2 Å². The van der Waals surface area contributed by atoms with Crippen molar-refractivity contribution in [1.29, 1.82) is 0 Å². The number of nitrogens with one attached hydrogen (secondary N) is 1. The van der Waals surface area contributed by atoms with Crippen LogP contribution < -0.4 is 9.47 Å². The third-order valence-corrected chi connectivity index (χ3v) is 8.39. The van der Waals surface area contributed by atoms with Crippen molar-refractivity contribution < 1.29 is 13.9 Å². The minimum atomic E-state index is -0.230. The number of rotatable bonds is 5. The predicted molar refractivity (Wildman–Crippen MR) is 152 cm³/mol. The first kappa shape index (κ1) is 24.3. The molecule has 2 aliphatic rings. The third-order valence-electron chi connectivity index (χ3n) is 8.15. The fourth-order valence-corrected chi connectivity index (χ4v) is 6.50. The van der Waals surface area contributed by atoms with E-state index in [1.54, 1.807) is 19.2 Å². The average Bonchev–Trinajstić information content (AvgIpc) is 3.32. The first-order valence-electron chi connectivity index (χ1n) is 13.3. The minimum Gasteiger partial charge on any atom is -0.493 e. The van der Waals surface area contributed by atoms with E-state index in [9.17, 15) is 4.39 Å². The summed E-state index contributed by atoms with van der Waals surface area (Å²) >= 11 is 6.44. The maximum atomic E-state index is 13.9. The van der Waals surface area contributed by atoms with Gasteiger partial charge < -0.3 is 14.5 Å². The topological polar surface area (TPSA) is 37.5 Å². The van der Waals surface area contributed by atoms with E-state index in [2.05, 4.69) is 40.2 Å². The number of aromatic amines is 1. The second-order valence-electron chi connectivity index (χ2n) is 10.3. The van der Waals surface area contributed by atoms with E-state index in [1.165, 1.54) is 16.7 Å². The van der Waals surface area contributed by atoms with Crippen LogP contribution in [0.15, 0.2) is 84.9 Å². The Balaban J connectivity index is 1.32. The number of H-pyrrole nitrogens is 1. The third kappa shape index (κ3) is 4.26. The molecule has 0 spiro atoms. The van der Waals surface area contributed by atoms with Crippen molar-refractivity contribution in [3.8, 4) is 11.5 Å². The van der Waals surface area contributed by atoms with Crippen LogP contribution in [0.3, 0.4) is 0 Å². The molecule has 196 valence electrons. The molecule has 0 bridgehead atoms. The van der Waals surface area contributed by atoms with Gasteiger partial charge in [0.15, 0.2) is 11.5 Å². The molecule has 39 heavy (non-hydrogen) atoms. The fraction of sp³-hybridized carbons (Fsp3) is 0.212. The Morgan fingerprint density at radius 3 is 2.59 bits per heavy atom. The van der Waals surface area contributed by atoms with Crippen molar-refractivity contribution >= 4 is 22.5 Å². The van der Waals surface area contributed by atoms with Crippen molar-refractivity contribution in [3.05, 3.63) is 129 Å². The van der Waals surface area contributed by atoms with Gasteiger partial charge in [-0.25, -0.2) is 4.39 Å². The van der Waals surface area contributed by atoms with E-state index < -0.39 is 0 Å². The number of halogens is 2. The molecule has 3 heterocycles. The van der Waals surface area contributed by atoms with Crippen molar-refractivity contribution in [2.75, 3.05) is 13.7 Å². The van der Waals surface area contributed by atoms with Crippen LogP contribution in [0.5, 0.6) is 11.5 Å². The molecular weight excluding hydrogens is 511 g/mol. The molecule has 7 rings (SSSR count). The van der Waals surface area contributed by atoms with E-state index >= 15 is 0 Å². The Labute approximate surface area is 231 Å². The zero-order valence-corrected chi connectivity index (χ0v) is 22.3. The molecule has 2 aliphatic heterocycles. The second kappa shape index (κ2) is 9.74. The van der Waals surface area contributed by atoms with E-state index in [4.69, 9.17) is 21.1 Å². The highest BCUT2D eigenvalue weighted by molar-refractivity contribution is 6.31. The maximum absolute atomic E-state index is 13.9. The lowest BCUT2D eigenvalue weighted by atomic mass is 9.80. The summed E-state index contributed by atoms with van der Waals surface area (Å²) in [5, 5.41) is 1.86. The van der Waals surface area contributed by atoms with Gasteiger partial charge in [0.1, 0.15) is 12.4 Å². The van der Waals surface area contributed by atoms with Gasteiger partial charge in [-0.3, -0.25) is 4.90 Å². The molecule has 1 aromatic heterocycles. The monoisotopic (exact) mass is 538 g/mol. The molecular formula is C33H28ClFN2O2. The normalized spacial score (nSPS) is 18.3. The van der Waals surface area contributed by atoms with Gasteiger partial charge >= 0.3 is 0 Å². The lowest BCUT2D eigenvalue weighted by Gasteiger charge is -2.46. The number of aromatic nitrogens is 1. The Morgan fingerprint density at radius 2 is 1.79 bits per heavy atom. The maximum Gasteiger partial charge on any atom is 0.161 e. The molecule has 0 saturated carbocycles. The number of hydrogen-bond acceptors (Lipinski definition) is 3. The Bertz CT molecular complexity index is 1670. The van der Waals surface area contributed by atoms with E-state index in [0.717, 1.165) is 63.6 Å². The number of fused-ring (bicyclic) bond motifs is 6. The van der Waals surface area contributed by atoms with Crippen LogP contribution in [-0.2, 0) is 19.4 Å². The summed E-state index contributed by atoms with van der Waals surface area (Å²) in [5.74, 6) is 1.27. The summed E-state index contributed by atoms with van der Waals surface area (Å²) in [7, 11) is 1.69. The van der Waals surface area contributed by atoms with Crippen molar-refractivity contribution in [3.63, 3.8) is 0 Å². The van der Waals surface area contributed by atoms with Crippen LogP contribution in [0.4, 0.5) is 4.39 Å². The van der Waals surface area contributed by atoms with Crippen LogP contribution >= 0.6 is 11.6 Å². The Kier molecular flexibility index (Phi) is 6.06. The second-order valence-corrected chi connectivity index (χ2v) is 10.8. The van der Waals surface area contributed by atoms with Gasteiger partial charge in [0.2, 0.25) is 0 Å². The van der Waals surface area contributed by atoms with Gasteiger partial charge in [-0.2, -0.15) is 0 Å². The molecule has 2 atom stereocenters. The summed E-state index contributed by atoms with van der Waals surface area (Å²) < 4.78 is 26.0. The highest BCUT2D eigenvalue weighted by Crippen LogP contribution is 2.50. The van der Waals surface area contributed by atoms with E-state index in [0.29, 0.717) is 6.61 Å². The molecule has 0 fully saturated rings. The summed E-state index contributed by atoms with van der Waals surface area (Å²) in [6.07, 6.45) is 1.73. The summed E-state index contributed by atoms with van der Waals surface area (Å²) in [6.45, 7) is 1.36. The van der Waals surface area contributed by atoms with Gasteiger partial charge in [-0.05, 0) is 83.1 Å². The van der Waals surface area contributed by atoms with Crippen LogP contribution in [-0.4, -0.2) is 23.5 Å². The molecule has 0 aliphatic carbocycles. The predicted octanol–water partition coefficient (Wildman–Crippen LogP) is 7.79. The van der Waals surface area contributed by atoms with Gasteiger partial charge in [0, 0.05) is 34.2 Å². The Morgan fingerprint density at radius 1 is 0.974 bits per heavy atom. The average molecular weight is 539 g/mol. The standard InChI is InChI=1S/C33H28ClFN2O2/c1-38-30-18-25-22(15-31(30)39-19-20-5-3-2-4-6-20)13-14-37-29(25)17-27-26-16-23(34)9-12-28(26)36-32(27)33(37)21-7-10-24(35)11-8-21/h2-12,15-16,18,29,33,36H,13-14,17,19H2,1H3. The first-order valence-corrected chi connectivity index (χ1v) is 13.7. The number of methoxy groups -OCH3 is 1. The lowest BCUT2D eigenvalue weighted by Crippen LogP contribution is -2.43. The molecule has 1 N–H and O–H groups in total. The van der Waals surface area contributed by atoms with Crippen LogP contribution in [0.1, 0.15) is 45.6 Å². The minimum absolute atomic E-state index is 0.0290. The smallest absolute Gasteiger partial charge is 0.161 e.